The SMILES string of the molecule is CON1C=CCC2C(c3c(Cl)cccc3Cl)=NC(Nc3ccon3)=NC21. The minimum Gasteiger partial charge on any atom is -0.363 e. The Morgan fingerprint density at radius 2 is 2.08 bits per heavy atom. The zero-order chi connectivity index (χ0) is 18.1. The van der Waals surface area contributed by atoms with Gasteiger partial charge in [-0.3, -0.25) is 4.84 Å². The lowest BCUT2D eigenvalue weighted by Crippen LogP contribution is -2.45. The molecule has 1 aromatic heterocycles. The summed E-state index contributed by atoms with van der Waals surface area (Å²) in [5, 5.41) is 9.64. The standard InChI is InChI=1S/C17H15Cl2N5O2/c1-25-24-8-3-4-10-15(14-11(18)5-2-6-12(14)19)21-17(22-16(10)24)20-13-7-9-26-23-13/h2-3,5-10,16H,4H2,1H3,(H,20,22,23). The minimum absolute atomic E-state index is 0.0554. The number of halogens is 2. The van der Waals surface area contributed by atoms with Crippen LogP contribution >= 0.6 is 23.2 Å². The lowest BCUT2D eigenvalue weighted by Gasteiger charge is -2.37. The lowest BCUT2D eigenvalue weighted by atomic mass is 9.88. The number of nitrogens with one attached hydrogen (secondary N) is 1. The van der Waals surface area contributed by atoms with E-state index in [0.29, 0.717) is 27.4 Å². The van der Waals surface area contributed by atoms with Crippen molar-refractivity contribution in [1.82, 2.24) is 10.2 Å². The fourth-order valence-electron chi connectivity index (χ4n) is 3.05. The maximum Gasteiger partial charge on any atom is 0.226 e. The Kier molecular flexibility index (Phi) is 4.67. The van der Waals surface area contributed by atoms with Gasteiger partial charge in [0.15, 0.2) is 12.0 Å². The number of hydrogen-bond donors (Lipinski definition) is 1. The zero-order valence-electron chi connectivity index (χ0n) is 13.8. The van der Waals surface area contributed by atoms with Gasteiger partial charge in [0.05, 0.1) is 22.9 Å². The topological polar surface area (TPSA) is 75.2 Å². The Bertz CT molecular complexity index is 874. The number of aliphatic imine (C=N–C) groups is 2. The Morgan fingerprint density at radius 1 is 1.27 bits per heavy atom. The summed E-state index contributed by atoms with van der Waals surface area (Å²) in [6.45, 7) is 0. The molecule has 1 N–H and O–H groups in total. The van der Waals surface area contributed by atoms with E-state index in [1.54, 1.807) is 36.4 Å². The lowest BCUT2D eigenvalue weighted by molar-refractivity contribution is -0.130. The van der Waals surface area contributed by atoms with Gasteiger partial charge in [0.1, 0.15) is 6.26 Å². The highest BCUT2D eigenvalue weighted by Crippen LogP contribution is 2.35. The van der Waals surface area contributed by atoms with Crippen molar-refractivity contribution in [2.75, 3.05) is 12.4 Å². The number of allylic oxidation sites excluding steroid dienone is 1. The summed E-state index contributed by atoms with van der Waals surface area (Å²) < 4.78 is 4.85. The number of hydrogen-bond acceptors (Lipinski definition) is 7. The monoisotopic (exact) mass is 391 g/mol. The molecule has 0 radical (unpaired) electrons. The number of nitrogens with zero attached hydrogens (tertiary/aromatic N) is 4. The van der Waals surface area contributed by atoms with E-state index in [9.17, 15) is 0 Å². The Hall–Kier alpha value is -2.35. The maximum absolute atomic E-state index is 6.44. The first-order valence-electron chi connectivity index (χ1n) is 7.94. The molecule has 0 bridgehead atoms. The van der Waals surface area contributed by atoms with Crippen LogP contribution in [0.15, 0.2) is 57.3 Å². The summed E-state index contributed by atoms with van der Waals surface area (Å²) in [6, 6.07) is 7.08. The van der Waals surface area contributed by atoms with E-state index >= 15 is 0 Å². The molecule has 0 saturated carbocycles. The fourth-order valence-corrected chi connectivity index (χ4v) is 3.64. The highest BCUT2D eigenvalue weighted by atomic mass is 35.5. The van der Waals surface area contributed by atoms with Crippen LogP contribution in [0.25, 0.3) is 0 Å². The third kappa shape index (κ3) is 3.09. The van der Waals surface area contributed by atoms with Crippen molar-refractivity contribution in [1.29, 1.82) is 0 Å². The van der Waals surface area contributed by atoms with Gasteiger partial charge in [0.2, 0.25) is 5.96 Å². The van der Waals surface area contributed by atoms with E-state index in [4.69, 9.17) is 37.6 Å². The number of rotatable bonds is 3. The van der Waals surface area contributed by atoms with Gasteiger partial charge < -0.3 is 9.84 Å². The minimum atomic E-state index is -0.306. The van der Waals surface area contributed by atoms with Gasteiger partial charge in [0, 0.05) is 23.7 Å². The van der Waals surface area contributed by atoms with Gasteiger partial charge in [-0.15, -0.1) is 0 Å². The van der Waals surface area contributed by atoms with E-state index in [1.165, 1.54) is 6.26 Å². The van der Waals surface area contributed by atoms with Crippen molar-refractivity contribution in [3.05, 3.63) is 58.4 Å². The van der Waals surface area contributed by atoms with Crippen LogP contribution < -0.4 is 5.32 Å². The molecular formula is C17H15Cl2N5O2. The largest absolute Gasteiger partial charge is 0.363 e. The molecule has 7 nitrogen and oxygen atoms in total. The van der Waals surface area contributed by atoms with Gasteiger partial charge in [-0.25, -0.2) is 15.0 Å². The second-order valence-electron chi connectivity index (χ2n) is 5.74. The summed E-state index contributed by atoms with van der Waals surface area (Å²) >= 11 is 12.9. The Labute approximate surface area is 159 Å². The molecule has 0 amide bonds. The second-order valence-corrected chi connectivity index (χ2v) is 6.55. The number of aromatic nitrogens is 1. The molecule has 9 heteroatoms. The van der Waals surface area contributed by atoms with Crippen molar-refractivity contribution >= 4 is 40.7 Å². The van der Waals surface area contributed by atoms with E-state index in [2.05, 4.69) is 15.5 Å². The zero-order valence-corrected chi connectivity index (χ0v) is 15.3. The molecule has 0 aliphatic carbocycles. The molecule has 2 aliphatic rings. The summed E-state index contributed by atoms with van der Waals surface area (Å²) in [5.74, 6) is 0.828. The van der Waals surface area contributed by atoms with Crippen molar-refractivity contribution in [3.63, 3.8) is 0 Å². The maximum atomic E-state index is 6.44. The smallest absolute Gasteiger partial charge is 0.226 e. The molecule has 3 heterocycles. The predicted molar refractivity (Wildman–Crippen MR) is 100 cm³/mol. The van der Waals surface area contributed by atoms with Crippen LogP contribution in [0.3, 0.4) is 0 Å². The number of hydroxylamine groups is 2. The summed E-state index contributed by atoms with van der Waals surface area (Å²) in [5.41, 5.74) is 1.45. The molecular weight excluding hydrogens is 377 g/mol. The van der Waals surface area contributed by atoms with Crippen LogP contribution in [0.5, 0.6) is 0 Å². The van der Waals surface area contributed by atoms with Crippen LogP contribution in [0, 0.1) is 5.92 Å². The van der Waals surface area contributed by atoms with Crippen LogP contribution in [-0.4, -0.2) is 35.2 Å². The number of fused-ring (bicyclic) bond motifs is 1. The van der Waals surface area contributed by atoms with Crippen molar-refractivity contribution in [2.24, 2.45) is 15.9 Å². The van der Waals surface area contributed by atoms with Crippen LogP contribution in [0.1, 0.15) is 12.0 Å². The van der Waals surface area contributed by atoms with E-state index in [-0.39, 0.29) is 12.1 Å². The molecule has 0 saturated heterocycles. The first kappa shape index (κ1) is 17.1. The third-order valence-electron chi connectivity index (χ3n) is 4.20. The van der Waals surface area contributed by atoms with E-state index in [0.717, 1.165) is 12.1 Å². The molecule has 0 spiro atoms. The molecule has 26 heavy (non-hydrogen) atoms. The second kappa shape index (κ2) is 7.11. The summed E-state index contributed by atoms with van der Waals surface area (Å²) in [7, 11) is 1.60. The molecule has 2 unspecified atom stereocenters. The number of anilines is 1. The Balaban J connectivity index is 1.81. The number of benzene rings is 1. The van der Waals surface area contributed by atoms with Crippen LogP contribution in [-0.2, 0) is 4.84 Å². The summed E-state index contributed by atoms with van der Waals surface area (Å²) in [6.07, 6.45) is 5.77. The Morgan fingerprint density at radius 3 is 2.77 bits per heavy atom. The van der Waals surface area contributed by atoms with Gasteiger partial charge in [-0.1, -0.05) is 40.5 Å². The molecule has 2 atom stereocenters. The quantitative estimate of drug-likeness (QED) is 0.856. The van der Waals surface area contributed by atoms with Gasteiger partial charge in [-0.05, 0) is 18.6 Å². The fraction of sp³-hybridized carbons (Fsp3) is 0.235. The third-order valence-corrected chi connectivity index (χ3v) is 4.83. The van der Waals surface area contributed by atoms with Crippen LogP contribution in [0.2, 0.25) is 10.0 Å². The molecule has 2 aromatic rings. The average Bonchev–Trinajstić information content (AvgIpc) is 3.14. The molecule has 4 rings (SSSR count). The highest BCUT2D eigenvalue weighted by Gasteiger charge is 2.37. The highest BCUT2D eigenvalue weighted by molar-refractivity contribution is 6.40. The van der Waals surface area contributed by atoms with Crippen molar-refractivity contribution in [2.45, 2.75) is 12.6 Å². The van der Waals surface area contributed by atoms with Crippen LogP contribution in [0.4, 0.5) is 5.82 Å². The number of guanidine groups is 1. The first-order valence-corrected chi connectivity index (χ1v) is 8.70. The predicted octanol–water partition coefficient (Wildman–Crippen LogP) is 3.98. The van der Waals surface area contributed by atoms with E-state index in [1.807, 2.05) is 12.3 Å². The molecule has 2 aliphatic heterocycles. The van der Waals surface area contributed by atoms with Gasteiger partial charge >= 0.3 is 0 Å². The normalized spacial score (nSPS) is 21.9. The van der Waals surface area contributed by atoms with Crippen molar-refractivity contribution < 1.29 is 9.36 Å². The van der Waals surface area contributed by atoms with Crippen molar-refractivity contribution in [3.8, 4) is 0 Å². The van der Waals surface area contributed by atoms with E-state index < -0.39 is 0 Å². The molecule has 0 fully saturated rings. The summed E-state index contributed by atoms with van der Waals surface area (Å²) in [4.78, 5) is 14.8. The van der Waals surface area contributed by atoms with Gasteiger partial charge in [0.25, 0.3) is 0 Å². The van der Waals surface area contributed by atoms with Gasteiger partial charge in [-0.2, -0.15) is 0 Å². The molecule has 1 aromatic carbocycles. The average molecular weight is 392 g/mol. The molecule has 134 valence electrons. The first-order chi connectivity index (χ1) is 12.7.